The molecule has 1 aromatic rings. The van der Waals surface area contributed by atoms with Crippen LogP contribution in [-0.4, -0.2) is 30.0 Å². The fourth-order valence-electron chi connectivity index (χ4n) is 3.30. The zero-order valence-electron chi connectivity index (χ0n) is 14.0. The van der Waals surface area contributed by atoms with Gasteiger partial charge in [-0.1, -0.05) is 18.6 Å². The van der Waals surface area contributed by atoms with Crippen LogP contribution in [0.3, 0.4) is 0 Å². The predicted octanol–water partition coefficient (Wildman–Crippen LogP) is 2.38. The molecule has 1 aliphatic carbocycles. The van der Waals surface area contributed by atoms with Crippen molar-refractivity contribution < 1.29 is 9.53 Å². The zero-order chi connectivity index (χ0) is 17.0. The summed E-state index contributed by atoms with van der Waals surface area (Å²) < 4.78 is 5.00. The van der Waals surface area contributed by atoms with Gasteiger partial charge in [0.2, 0.25) is 0 Å². The lowest BCUT2D eigenvalue weighted by molar-refractivity contribution is 0.0526. The van der Waals surface area contributed by atoms with Crippen molar-refractivity contribution in [2.75, 3.05) is 6.61 Å². The first-order valence-corrected chi connectivity index (χ1v) is 8.57. The number of carbonyl (C=O) groups is 1. The molecule has 0 saturated heterocycles. The molecule has 1 aliphatic heterocycles. The van der Waals surface area contributed by atoms with E-state index in [4.69, 9.17) is 15.5 Å². The number of nitrogens with zero attached hydrogens (tertiary/aromatic N) is 2. The van der Waals surface area contributed by atoms with Gasteiger partial charge in [-0.15, -0.1) is 0 Å². The number of amidine groups is 1. The van der Waals surface area contributed by atoms with Crippen molar-refractivity contribution in [2.45, 2.75) is 51.1 Å². The summed E-state index contributed by atoms with van der Waals surface area (Å²) in [6, 6.07) is 7.41. The summed E-state index contributed by atoms with van der Waals surface area (Å²) in [5, 5.41) is 3.08. The molecule has 3 N–H and O–H groups in total. The molecule has 1 fully saturated rings. The minimum atomic E-state index is -0.367. The SMILES string of the molecule is CCOC(=O)c1ccc(CC2=NC3(CCCCC3)N=C(N)N2)cc1. The Morgan fingerprint density at radius 2 is 1.92 bits per heavy atom. The number of nitrogens with two attached hydrogens (primary N) is 1. The zero-order valence-corrected chi connectivity index (χ0v) is 14.0. The quantitative estimate of drug-likeness (QED) is 0.831. The Kier molecular flexibility index (Phi) is 4.83. The van der Waals surface area contributed by atoms with E-state index in [9.17, 15) is 4.79 Å². The Hall–Kier alpha value is -2.37. The highest BCUT2D eigenvalue weighted by atomic mass is 16.5. The van der Waals surface area contributed by atoms with Gasteiger partial charge < -0.3 is 15.8 Å². The van der Waals surface area contributed by atoms with Gasteiger partial charge in [-0.05, 0) is 50.3 Å². The van der Waals surface area contributed by atoms with Crippen LogP contribution in [0.2, 0.25) is 0 Å². The van der Waals surface area contributed by atoms with Gasteiger partial charge in [-0.25, -0.2) is 14.8 Å². The maximum absolute atomic E-state index is 11.7. The summed E-state index contributed by atoms with van der Waals surface area (Å²) in [5.74, 6) is 0.994. The smallest absolute Gasteiger partial charge is 0.338 e. The monoisotopic (exact) mass is 328 g/mol. The van der Waals surface area contributed by atoms with Crippen LogP contribution in [0.1, 0.15) is 54.9 Å². The molecule has 1 saturated carbocycles. The Labute approximate surface area is 142 Å². The van der Waals surface area contributed by atoms with Crippen LogP contribution >= 0.6 is 0 Å². The largest absolute Gasteiger partial charge is 0.462 e. The second-order valence-corrected chi connectivity index (χ2v) is 6.32. The van der Waals surface area contributed by atoms with Gasteiger partial charge in [-0.3, -0.25) is 0 Å². The standard InChI is InChI=1S/C18H24N4O2/c1-2-24-16(23)14-8-6-13(7-9-14)12-15-20-17(19)22-18(21-15)10-4-3-5-11-18/h6-9H,2-5,10-12H2,1H3,(H3,19,20,21,22). The van der Waals surface area contributed by atoms with E-state index in [1.165, 1.54) is 6.42 Å². The number of rotatable bonds is 4. The van der Waals surface area contributed by atoms with E-state index >= 15 is 0 Å². The third-order valence-electron chi connectivity index (χ3n) is 4.43. The number of hydrogen-bond acceptors (Lipinski definition) is 6. The van der Waals surface area contributed by atoms with E-state index in [2.05, 4.69) is 10.3 Å². The van der Waals surface area contributed by atoms with Crippen molar-refractivity contribution in [1.82, 2.24) is 5.32 Å². The van der Waals surface area contributed by atoms with E-state index in [-0.39, 0.29) is 11.6 Å². The van der Waals surface area contributed by atoms with E-state index < -0.39 is 0 Å². The van der Waals surface area contributed by atoms with Gasteiger partial charge in [0.05, 0.1) is 12.2 Å². The van der Waals surface area contributed by atoms with E-state index in [0.29, 0.717) is 24.6 Å². The second-order valence-electron chi connectivity index (χ2n) is 6.32. The molecule has 1 heterocycles. The fourth-order valence-corrected chi connectivity index (χ4v) is 3.30. The third kappa shape index (κ3) is 3.75. The third-order valence-corrected chi connectivity index (χ3v) is 4.43. The minimum absolute atomic E-state index is 0.297. The van der Waals surface area contributed by atoms with Crippen LogP contribution in [0.25, 0.3) is 0 Å². The molecule has 0 unspecified atom stereocenters. The number of esters is 1. The van der Waals surface area contributed by atoms with E-state index in [1.807, 2.05) is 12.1 Å². The summed E-state index contributed by atoms with van der Waals surface area (Å²) in [6.45, 7) is 2.17. The summed E-state index contributed by atoms with van der Waals surface area (Å²) in [6.07, 6.45) is 6.08. The summed E-state index contributed by atoms with van der Waals surface area (Å²) >= 11 is 0. The molecule has 128 valence electrons. The van der Waals surface area contributed by atoms with Gasteiger partial charge in [0.25, 0.3) is 0 Å². The van der Waals surface area contributed by atoms with Crippen LogP contribution in [0.5, 0.6) is 0 Å². The highest BCUT2D eigenvalue weighted by Gasteiger charge is 2.34. The van der Waals surface area contributed by atoms with Crippen LogP contribution in [0.15, 0.2) is 34.3 Å². The molecule has 24 heavy (non-hydrogen) atoms. The molecule has 0 amide bonds. The molecule has 6 nitrogen and oxygen atoms in total. The summed E-state index contributed by atoms with van der Waals surface area (Å²) in [4.78, 5) is 21.1. The number of carbonyl (C=O) groups excluding carboxylic acids is 1. The number of ether oxygens (including phenoxy) is 1. The molecular formula is C18H24N4O2. The van der Waals surface area contributed by atoms with E-state index in [0.717, 1.165) is 37.1 Å². The van der Waals surface area contributed by atoms with Crippen LogP contribution in [0, 0.1) is 0 Å². The van der Waals surface area contributed by atoms with Crippen LogP contribution < -0.4 is 11.1 Å². The normalized spacial score (nSPS) is 19.2. The first kappa shape index (κ1) is 16.5. The van der Waals surface area contributed by atoms with Crippen molar-refractivity contribution >= 4 is 17.8 Å². The Morgan fingerprint density at radius 1 is 1.21 bits per heavy atom. The second kappa shape index (κ2) is 7.03. The molecule has 0 aromatic heterocycles. The molecule has 2 aliphatic rings. The van der Waals surface area contributed by atoms with Crippen molar-refractivity contribution in [2.24, 2.45) is 15.7 Å². The van der Waals surface area contributed by atoms with Gasteiger partial charge >= 0.3 is 5.97 Å². The average Bonchev–Trinajstić information content (AvgIpc) is 2.55. The number of guanidine groups is 1. The Morgan fingerprint density at radius 3 is 2.58 bits per heavy atom. The molecular weight excluding hydrogens is 304 g/mol. The van der Waals surface area contributed by atoms with Gasteiger partial charge in [0.1, 0.15) is 5.84 Å². The minimum Gasteiger partial charge on any atom is -0.462 e. The average molecular weight is 328 g/mol. The maximum Gasteiger partial charge on any atom is 0.338 e. The molecule has 0 atom stereocenters. The highest BCUT2D eigenvalue weighted by molar-refractivity contribution is 6.01. The van der Waals surface area contributed by atoms with Crippen molar-refractivity contribution in [3.05, 3.63) is 35.4 Å². The molecule has 0 radical (unpaired) electrons. The van der Waals surface area contributed by atoms with Crippen molar-refractivity contribution in [3.63, 3.8) is 0 Å². The molecule has 1 aromatic carbocycles. The first-order valence-electron chi connectivity index (χ1n) is 8.57. The lowest BCUT2D eigenvalue weighted by Gasteiger charge is -2.34. The summed E-state index contributed by atoms with van der Waals surface area (Å²) in [5.41, 5.74) is 7.24. The molecule has 1 spiro atoms. The van der Waals surface area contributed by atoms with Crippen molar-refractivity contribution in [1.29, 1.82) is 0 Å². The maximum atomic E-state index is 11.7. The van der Waals surface area contributed by atoms with Gasteiger partial charge in [0.15, 0.2) is 11.6 Å². The molecule has 3 rings (SSSR count). The first-order chi connectivity index (χ1) is 11.6. The van der Waals surface area contributed by atoms with E-state index in [1.54, 1.807) is 19.1 Å². The number of benzene rings is 1. The predicted molar refractivity (Wildman–Crippen MR) is 94.1 cm³/mol. The van der Waals surface area contributed by atoms with Crippen molar-refractivity contribution in [3.8, 4) is 0 Å². The number of hydrogen-bond donors (Lipinski definition) is 2. The number of aliphatic imine (C=N–C) groups is 2. The lowest BCUT2D eigenvalue weighted by Crippen LogP contribution is -2.47. The Balaban J connectivity index is 1.72. The van der Waals surface area contributed by atoms with Crippen LogP contribution in [0.4, 0.5) is 0 Å². The molecule has 6 heteroatoms. The fraction of sp³-hybridized carbons (Fsp3) is 0.500. The lowest BCUT2D eigenvalue weighted by atomic mass is 9.89. The molecule has 0 bridgehead atoms. The van der Waals surface area contributed by atoms with Gasteiger partial charge in [0, 0.05) is 6.42 Å². The van der Waals surface area contributed by atoms with Gasteiger partial charge in [-0.2, -0.15) is 0 Å². The van der Waals surface area contributed by atoms with Crippen LogP contribution in [-0.2, 0) is 11.2 Å². The highest BCUT2D eigenvalue weighted by Crippen LogP contribution is 2.34. The Bertz CT molecular complexity index is 658. The topological polar surface area (TPSA) is 89.1 Å². The number of nitrogens with one attached hydrogen (secondary N) is 1. The summed E-state index contributed by atoms with van der Waals surface area (Å²) in [7, 11) is 0.